The minimum Gasteiger partial charge on any atom is -0.367 e. The van der Waals surface area contributed by atoms with E-state index in [1.807, 2.05) is 20.0 Å². The Bertz CT molecular complexity index is 422. The Hall–Kier alpha value is -1.40. The van der Waals surface area contributed by atoms with Crippen molar-refractivity contribution in [2.75, 3.05) is 6.61 Å². The molecule has 1 aromatic heterocycles. The summed E-state index contributed by atoms with van der Waals surface area (Å²) in [4.78, 5) is 11.9. The highest BCUT2D eigenvalue weighted by Crippen LogP contribution is 2.12. The van der Waals surface area contributed by atoms with E-state index in [9.17, 15) is 4.79 Å². The van der Waals surface area contributed by atoms with Crippen molar-refractivity contribution < 1.29 is 9.53 Å². The van der Waals surface area contributed by atoms with Gasteiger partial charge in [0.05, 0.1) is 24.5 Å². The van der Waals surface area contributed by atoms with E-state index in [4.69, 9.17) is 10.5 Å². The van der Waals surface area contributed by atoms with Gasteiger partial charge in [0.1, 0.15) is 6.10 Å². The quantitative estimate of drug-likeness (QED) is 0.784. The van der Waals surface area contributed by atoms with Crippen molar-refractivity contribution in [3.8, 4) is 0 Å². The third-order valence-corrected chi connectivity index (χ3v) is 3.15. The van der Waals surface area contributed by atoms with Crippen LogP contribution in [0, 0.1) is 6.92 Å². The minimum absolute atomic E-state index is 0.0637. The molecule has 1 aliphatic rings. The summed E-state index contributed by atoms with van der Waals surface area (Å²) < 4.78 is 7.19. The summed E-state index contributed by atoms with van der Waals surface area (Å²) in [5.74, 6) is -0.0687. The van der Waals surface area contributed by atoms with Crippen LogP contribution in [0.1, 0.15) is 24.2 Å². The van der Waals surface area contributed by atoms with Crippen LogP contribution >= 0.6 is 0 Å². The maximum atomic E-state index is 11.9. The first-order valence-electron chi connectivity index (χ1n) is 6.20. The third kappa shape index (κ3) is 3.08. The number of hydrogen-bond acceptors (Lipinski definition) is 4. The van der Waals surface area contributed by atoms with Gasteiger partial charge in [-0.05, 0) is 25.8 Å². The normalized spacial score (nSPS) is 23.9. The average molecular weight is 252 g/mol. The topological polar surface area (TPSA) is 82.2 Å². The molecule has 1 aromatic rings. The number of aromatic nitrogens is 2. The number of rotatable bonds is 3. The summed E-state index contributed by atoms with van der Waals surface area (Å²) in [5.41, 5.74) is 7.64. The molecule has 0 aromatic carbocycles. The fourth-order valence-electron chi connectivity index (χ4n) is 2.10. The van der Waals surface area contributed by atoms with Gasteiger partial charge in [-0.25, -0.2) is 0 Å². The van der Waals surface area contributed by atoms with E-state index in [1.165, 1.54) is 0 Å². The highest BCUT2D eigenvalue weighted by atomic mass is 16.5. The molecule has 0 radical (unpaired) electrons. The number of carbonyl (C=O) groups is 1. The lowest BCUT2D eigenvalue weighted by atomic mass is 10.1. The number of nitrogens with zero attached hydrogens (tertiary/aromatic N) is 2. The molecule has 2 atom stereocenters. The van der Waals surface area contributed by atoms with Gasteiger partial charge in [0.25, 0.3) is 0 Å². The smallest absolute Gasteiger partial charge is 0.249 e. The van der Waals surface area contributed by atoms with Crippen molar-refractivity contribution in [3.63, 3.8) is 0 Å². The van der Waals surface area contributed by atoms with Gasteiger partial charge in [-0.3, -0.25) is 9.48 Å². The Balaban J connectivity index is 1.83. The number of aryl methyl sites for hydroxylation is 2. The predicted molar refractivity (Wildman–Crippen MR) is 66.7 cm³/mol. The zero-order valence-corrected chi connectivity index (χ0v) is 10.8. The van der Waals surface area contributed by atoms with Gasteiger partial charge < -0.3 is 15.8 Å². The summed E-state index contributed by atoms with van der Waals surface area (Å²) >= 11 is 0. The van der Waals surface area contributed by atoms with Crippen molar-refractivity contribution in [2.24, 2.45) is 12.8 Å². The highest BCUT2D eigenvalue weighted by molar-refractivity contribution is 5.80. The van der Waals surface area contributed by atoms with Gasteiger partial charge in [0, 0.05) is 13.1 Å². The molecule has 0 aliphatic carbocycles. The molecule has 6 nitrogen and oxygen atoms in total. The maximum Gasteiger partial charge on any atom is 0.249 e. The van der Waals surface area contributed by atoms with Crippen LogP contribution in [-0.4, -0.2) is 34.4 Å². The van der Waals surface area contributed by atoms with Crippen LogP contribution in [0.5, 0.6) is 0 Å². The van der Waals surface area contributed by atoms with Gasteiger partial charge >= 0.3 is 0 Å². The summed E-state index contributed by atoms with van der Waals surface area (Å²) in [7, 11) is 1.87. The molecule has 18 heavy (non-hydrogen) atoms. The summed E-state index contributed by atoms with van der Waals surface area (Å²) in [5, 5.41) is 7.10. The van der Waals surface area contributed by atoms with Gasteiger partial charge in [-0.1, -0.05) is 0 Å². The van der Waals surface area contributed by atoms with Crippen molar-refractivity contribution in [1.82, 2.24) is 15.1 Å². The second kappa shape index (κ2) is 5.49. The summed E-state index contributed by atoms with van der Waals surface area (Å²) in [6, 6.07) is 2.02. The van der Waals surface area contributed by atoms with Crippen LogP contribution in [0.4, 0.5) is 0 Å². The predicted octanol–water partition coefficient (Wildman–Crippen LogP) is -0.149. The molecule has 2 rings (SSSR count). The van der Waals surface area contributed by atoms with Crippen molar-refractivity contribution in [3.05, 3.63) is 17.5 Å². The third-order valence-electron chi connectivity index (χ3n) is 3.15. The lowest BCUT2D eigenvalue weighted by molar-refractivity contribution is -0.136. The molecule has 1 aliphatic heterocycles. The van der Waals surface area contributed by atoms with E-state index in [1.54, 1.807) is 4.68 Å². The monoisotopic (exact) mass is 252 g/mol. The molecule has 0 spiro atoms. The van der Waals surface area contributed by atoms with E-state index in [2.05, 4.69) is 10.4 Å². The number of nitrogens with two attached hydrogens (primary N) is 1. The van der Waals surface area contributed by atoms with Crippen LogP contribution in [0.3, 0.4) is 0 Å². The minimum atomic E-state index is -0.362. The number of amides is 1. The molecule has 0 unspecified atom stereocenters. The second-order valence-electron chi connectivity index (χ2n) is 4.78. The van der Waals surface area contributed by atoms with Crippen LogP contribution in [0.15, 0.2) is 6.07 Å². The van der Waals surface area contributed by atoms with Crippen LogP contribution in [0.2, 0.25) is 0 Å². The Labute approximate surface area is 106 Å². The largest absolute Gasteiger partial charge is 0.367 e. The molecule has 6 heteroatoms. The van der Waals surface area contributed by atoms with E-state index >= 15 is 0 Å². The van der Waals surface area contributed by atoms with Crippen LogP contribution < -0.4 is 11.1 Å². The number of nitrogens with one attached hydrogen (secondary N) is 1. The lowest BCUT2D eigenvalue weighted by Crippen LogP contribution is -2.43. The van der Waals surface area contributed by atoms with Crippen molar-refractivity contribution in [1.29, 1.82) is 0 Å². The van der Waals surface area contributed by atoms with Gasteiger partial charge in [-0.15, -0.1) is 0 Å². The Morgan fingerprint density at radius 3 is 3.00 bits per heavy atom. The number of ether oxygens (including phenoxy) is 1. The van der Waals surface area contributed by atoms with Crippen molar-refractivity contribution in [2.45, 2.75) is 38.5 Å². The highest BCUT2D eigenvalue weighted by Gasteiger charge is 2.25. The maximum absolute atomic E-state index is 11.9. The lowest BCUT2D eigenvalue weighted by Gasteiger charge is -2.25. The molecular formula is C12H20N4O2. The van der Waals surface area contributed by atoms with Gasteiger partial charge in [0.2, 0.25) is 5.91 Å². The van der Waals surface area contributed by atoms with E-state index in [0.29, 0.717) is 19.6 Å². The SMILES string of the molecule is Cc1cc(CNC(=O)[C@@H]2CC[C@@H](N)CO2)n(C)n1. The molecular weight excluding hydrogens is 232 g/mol. The number of carbonyl (C=O) groups excluding carboxylic acids is 1. The first-order chi connectivity index (χ1) is 8.56. The fourth-order valence-corrected chi connectivity index (χ4v) is 2.10. The zero-order valence-electron chi connectivity index (χ0n) is 10.8. The standard InChI is InChI=1S/C12H20N4O2/c1-8-5-10(16(2)15-8)6-14-12(17)11-4-3-9(13)7-18-11/h5,9,11H,3-4,6-7,13H2,1-2H3,(H,14,17)/t9-,11+/m1/s1. The molecule has 100 valence electrons. The second-order valence-corrected chi connectivity index (χ2v) is 4.78. The Morgan fingerprint density at radius 1 is 1.67 bits per heavy atom. The zero-order chi connectivity index (χ0) is 13.1. The molecule has 1 fully saturated rings. The van der Waals surface area contributed by atoms with Crippen LogP contribution in [-0.2, 0) is 23.1 Å². The van der Waals surface area contributed by atoms with Gasteiger partial charge in [0.15, 0.2) is 0 Å². The van der Waals surface area contributed by atoms with E-state index in [-0.39, 0.29) is 18.1 Å². The summed E-state index contributed by atoms with van der Waals surface area (Å²) in [6.45, 7) is 2.86. The van der Waals surface area contributed by atoms with E-state index in [0.717, 1.165) is 17.8 Å². The fraction of sp³-hybridized carbons (Fsp3) is 0.667. The first kappa shape index (κ1) is 13.0. The Morgan fingerprint density at radius 2 is 2.44 bits per heavy atom. The molecule has 0 saturated carbocycles. The average Bonchev–Trinajstić information content (AvgIpc) is 2.66. The Kier molecular flexibility index (Phi) is 3.98. The van der Waals surface area contributed by atoms with Crippen LogP contribution in [0.25, 0.3) is 0 Å². The molecule has 2 heterocycles. The first-order valence-corrected chi connectivity index (χ1v) is 6.20. The molecule has 3 N–H and O–H groups in total. The summed E-state index contributed by atoms with van der Waals surface area (Å²) in [6.07, 6.45) is 1.17. The van der Waals surface area contributed by atoms with Crippen molar-refractivity contribution >= 4 is 5.91 Å². The van der Waals surface area contributed by atoms with Gasteiger partial charge in [-0.2, -0.15) is 5.10 Å². The number of hydrogen-bond donors (Lipinski definition) is 2. The molecule has 0 bridgehead atoms. The van der Waals surface area contributed by atoms with E-state index < -0.39 is 0 Å². The molecule has 1 saturated heterocycles. The molecule has 1 amide bonds.